The van der Waals surface area contributed by atoms with E-state index in [1.54, 1.807) is 29.7 Å². The van der Waals surface area contributed by atoms with Crippen LogP contribution in [0.4, 0.5) is 15.8 Å². The fourth-order valence-corrected chi connectivity index (χ4v) is 4.53. The van der Waals surface area contributed by atoms with Gasteiger partial charge < -0.3 is 19.9 Å². The van der Waals surface area contributed by atoms with Crippen LogP contribution in [0.5, 0.6) is 0 Å². The molecule has 0 spiro atoms. The number of rotatable bonds is 4. The van der Waals surface area contributed by atoms with Crippen LogP contribution in [-0.2, 0) is 4.74 Å². The quantitative estimate of drug-likeness (QED) is 0.508. The second-order valence-corrected chi connectivity index (χ2v) is 8.19. The monoisotopic (exact) mass is 427 g/mol. The molecule has 3 aromatic rings. The van der Waals surface area contributed by atoms with Crippen molar-refractivity contribution in [3.05, 3.63) is 64.2 Å². The number of nitrogens with two attached hydrogens (primary N) is 1. The summed E-state index contributed by atoms with van der Waals surface area (Å²) in [5, 5.41) is 0.317. The molecular weight excluding hydrogens is 405 g/mol. The van der Waals surface area contributed by atoms with Gasteiger partial charge in [-0.3, -0.25) is 4.79 Å². The van der Waals surface area contributed by atoms with Gasteiger partial charge in [0.1, 0.15) is 11.4 Å². The van der Waals surface area contributed by atoms with E-state index in [-0.39, 0.29) is 18.0 Å². The lowest BCUT2D eigenvalue weighted by Crippen LogP contribution is -2.33. The summed E-state index contributed by atoms with van der Waals surface area (Å²) in [5.41, 5.74) is 8.35. The van der Waals surface area contributed by atoms with E-state index in [4.69, 9.17) is 10.5 Å². The summed E-state index contributed by atoms with van der Waals surface area (Å²) in [4.78, 5) is 27.7. The normalized spacial score (nSPS) is 14.1. The highest BCUT2D eigenvalue weighted by molar-refractivity contribution is 7.99. The molecule has 0 aliphatic carbocycles. The number of fused-ring (bicyclic) bond motifs is 1. The molecule has 156 valence electrons. The molecule has 2 aromatic carbocycles. The van der Waals surface area contributed by atoms with Crippen LogP contribution in [0.25, 0.3) is 16.6 Å². The maximum absolute atomic E-state index is 13.5. The first kappa shape index (κ1) is 20.3. The van der Waals surface area contributed by atoms with E-state index < -0.39 is 11.4 Å². The summed E-state index contributed by atoms with van der Waals surface area (Å²) in [6, 6.07) is 9.37. The van der Waals surface area contributed by atoms with Gasteiger partial charge in [-0.1, -0.05) is 0 Å². The Balaban J connectivity index is 1.98. The molecule has 1 fully saturated rings. The van der Waals surface area contributed by atoms with Crippen LogP contribution >= 0.6 is 11.8 Å². The van der Waals surface area contributed by atoms with Gasteiger partial charge in [-0.05, 0) is 43.3 Å². The number of halogens is 1. The number of aromatic nitrogens is 1. The molecule has 0 radical (unpaired) electrons. The highest BCUT2D eigenvalue weighted by Crippen LogP contribution is 2.31. The van der Waals surface area contributed by atoms with Crippen molar-refractivity contribution in [2.75, 3.05) is 41.8 Å². The number of nitrogen functional groups attached to an aromatic ring is 1. The molecule has 0 saturated carbocycles. The molecule has 2 N–H and O–H groups in total. The fraction of sp³-hybridized carbons (Fsp3) is 0.273. The smallest absolute Gasteiger partial charge is 0.343 e. The van der Waals surface area contributed by atoms with Crippen molar-refractivity contribution >= 4 is 40.0 Å². The summed E-state index contributed by atoms with van der Waals surface area (Å²) >= 11 is 1.89. The van der Waals surface area contributed by atoms with Crippen molar-refractivity contribution in [1.29, 1.82) is 0 Å². The second-order valence-electron chi connectivity index (χ2n) is 6.97. The average Bonchev–Trinajstić information content (AvgIpc) is 2.75. The fourth-order valence-electron chi connectivity index (χ4n) is 3.63. The molecular formula is C22H22FN3O3S. The van der Waals surface area contributed by atoms with E-state index >= 15 is 0 Å². The Labute approximate surface area is 177 Å². The molecule has 1 aliphatic heterocycles. The lowest BCUT2D eigenvalue weighted by atomic mass is 10.1. The number of nitrogens with zero attached hydrogens (tertiary/aromatic N) is 2. The first-order valence-corrected chi connectivity index (χ1v) is 10.9. The topological polar surface area (TPSA) is 77.6 Å². The number of benzene rings is 2. The van der Waals surface area contributed by atoms with Crippen molar-refractivity contribution in [3.8, 4) is 5.69 Å². The maximum Gasteiger partial charge on any atom is 0.343 e. The average molecular weight is 428 g/mol. The van der Waals surface area contributed by atoms with Crippen LogP contribution in [0.1, 0.15) is 17.3 Å². The minimum Gasteiger partial charge on any atom is -0.462 e. The number of thioether (sulfide) groups is 1. The van der Waals surface area contributed by atoms with E-state index in [2.05, 4.69) is 4.90 Å². The largest absolute Gasteiger partial charge is 0.462 e. The van der Waals surface area contributed by atoms with Gasteiger partial charge in [-0.15, -0.1) is 0 Å². The van der Waals surface area contributed by atoms with Gasteiger partial charge in [0.05, 0.1) is 23.5 Å². The SMILES string of the molecule is CCOC(=O)c1cn(-c2ccc(F)cc2)c2cc(N3CCSCC3)c(N)cc2c1=O. The molecule has 1 aromatic heterocycles. The van der Waals surface area contributed by atoms with Crippen LogP contribution in [0, 0.1) is 5.82 Å². The molecule has 2 heterocycles. The van der Waals surface area contributed by atoms with Crippen molar-refractivity contribution < 1.29 is 13.9 Å². The zero-order valence-electron chi connectivity index (χ0n) is 16.6. The van der Waals surface area contributed by atoms with Gasteiger partial charge in [0.15, 0.2) is 0 Å². The summed E-state index contributed by atoms with van der Waals surface area (Å²) in [5.74, 6) is 0.940. The summed E-state index contributed by atoms with van der Waals surface area (Å²) < 4.78 is 20.3. The first-order valence-electron chi connectivity index (χ1n) is 9.74. The predicted molar refractivity (Wildman–Crippen MR) is 119 cm³/mol. The van der Waals surface area contributed by atoms with Crippen LogP contribution in [0.2, 0.25) is 0 Å². The number of anilines is 2. The first-order chi connectivity index (χ1) is 14.5. The highest BCUT2D eigenvalue weighted by atomic mass is 32.2. The summed E-state index contributed by atoms with van der Waals surface area (Å²) in [7, 11) is 0. The van der Waals surface area contributed by atoms with Crippen molar-refractivity contribution in [3.63, 3.8) is 0 Å². The van der Waals surface area contributed by atoms with Crippen LogP contribution in [0.15, 0.2) is 47.4 Å². The van der Waals surface area contributed by atoms with Gasteiger partial charge >= 0.3 is 5.97 Å². The Morgan fingerprint density at radius 1 is 1.20 bits per heavy atom. The Hall–Kier alpha value is -3.00. The van der Waals surface area contributed by atoms with Gasteiger partial charge in [0.2, 0.25) is 5.43 Å². The van der Waals surface area contributed by atoms with Crippen LogP contribution in [0.3, 0.4) is 0 Å². The molecule has 4 rings (SSSR count). The number of carbonyl (C=O) groups excluding carboxylic acids is 1. The third-order valence-corrected chi connectivity index (χ3v) is 6.05. The van der Waals surface area contributed by atoms with Crippen molar-refractivity contribution in [2.45, 2.75) is 6.92 Å². The number of pyridine rings is 1. The van der Waals surface area contributed by atoms with Crippen LogP contribution in [-0.4, -0.2) is 41.7 Å². The summed E-state index contributed by atoms with van der Waals surface area (Å²) in [6.45, 7) is 3.56. The molecule has 0 amide bonds. The number of esters is 1. The minimum atomic E-state index is -0.698. The Kier molecular flexibility index (Phi) is 5.67. The molecule has 6 nitrogen and oxygen atoms in total. The van der Waals surface area contributed by atoms with E-state index in [0.717, 1.165) is 30.3 Å². The predicted octanol–water partition coefficient (Wildman–Crippen LogP) is 3.44. The molecule has 1 saturated heterocycles. The Morgan fingerprint density at radius 3 is 2.57 bits per heavy atom. The standard InChI is InChI=1S/C22H22FN3O3S/c1-2-29-22(28)17-13-26(15-5-3-14(23)4-6-15)19-12-20(25-7-9-30-10-8-25)18(24)11-16(19)21(17)27/h3-6,11-13H,2,7-10,24H2,1H3. The number of hydrogen-bond donors (Lipinski definition) is 1. The van der Waals surface area contributed by atoms with Gasteiger partial charge in [-0.25, -0.2) is 9.18 Å². The second kappa shape index (κ2) is 8.39. The maximum atomic E-state index is 13.5. The number of carbonyl (C=O) groups is 1. The van der Waals surface area contributed by atoms with Crippen LogP contribution < -0.4 is 16.1 Å². The summed E-state index contributed by atoms with van der Waals surface area (Å²) in [6.07, 6.45) is 1.46. The molecule has 8 heteroatoms. The molecule has 30 heavy (non-hydrogen) atoms. The lowest BCUT2D eigenvalue weighted by Gasteiger charge is -2.30. The van der Waals surface area contributed by atoms with Gasteiger partial charge in [-0.2, -0.15) is 11.8 Å². The Bertz CT molecular complexity index is 1150. The van der Waals surface area contributed by atoms with Gasteiger partial charge in [0.25, 0.3) is 0 Å². The van der Waals surface area contributed by atoms with Crippen molar-refractivity contribution in [2.24, 2.45) is 0 Å². The lowest BCUT2D eigenvalue weighted by molar-refractivity contribution is 0.0524. The third-order valence-electron chi connectivity index (χ3n) is 5.10. The van der Waals surface area contributed by atoms with E-state index in [0.29, 0.717) is 22.3 Å². The minimum absolute atomic E-state index is 0.0878. The molecule has 1 aliphatic rings. The number of hydrogen-bond acceptors (Lipinski definition) is 6. The van der Waals surface area contributed by atoms with E-state index in [1.807, 2.05) is 17.8 Å². The molecule has 0 unspecified atom stereocenters. The highest BCUT2D eigenvalue weighted by Gasteiger charge is 2.21. The zero-order chi connectivity index (χ0) is 21.3. The van der Waals surface area contributed by atoms with Crippen molar-refractivity contribution in [1.82, 2.24) is 4.57 Å². The van der Waals surface area contributed by atoms with E-state index in [1.165, 1.54) is 18.3 Å². The van der Waals surface area contributed by atoms with E-state index in [9.17, 15) is 14.0 Å². The number of ether oxygens (including phenoxy) is 1. The third kappa shape index (κ3) is 3.75. The molecule has 0 atom stereocenters. The Morgan fingerprint density at radius 2 is 1.90 bits per heavy atom. The zero-order valence-corrected chi connectivity index (χ0v) is 17.4. The van der Waals surface area contributed by atoms with Gasteiger partial charge in [0, 0.05) is 41.9 Å². The molecule has 0 bridgehead atoms.